The highest BCUT2D eigenvalue weighted by molar-refractivity contribution is 7.92. The highest BCUT2D eigenvalue weighted by Gasteiger charge is 2.44. The number of ether oxygens (including phenoxy) is 1. The summed E-state index contributed by atoms with van der Waals surface area (Å²) in [5.74, 6) is -1.44. The number of carbonyl (C=O) groups excluding carboxylic acids is 1. The summed E-state index contributed by atoms with van der Waals surface area (Å²) in [7, 11) is -3.67. The minimum absolute atomic E-state index is 0.430. The van der Waals surface area contributed by atoms with Gasteiger partial charge in [0.2, 0.25) is 0 Å². The number of hydrogen-bond donors (Lipinski definition) is 2. The molecule has 1 amide bonds. The zero-order valence-corrected chi connectivity index (χ0v) is 11.9. The summed E-state index contributed by atoms with van der Waals surface area (Å²) < 4.78 is 26.2. The molecule has 0 spiro atoms. The fraction of sp³-hybridized carbons (Fsp3) is 0.800. The predicted molar refractivity (Wildman–Crippen MR) is 65.1 cm³/mol. The normalized spacial score (nSPS) is 14.1. The molecule has 0 saturated heterocycles. The smallest absolute Gasteiger partial charge is 0.408 e. The second kappa shape index (κ2) is 5.55. The number of rotatable bonds is 5. The van der Waals surface area contributed by atoms with Crippen LogP contribution in [-0.4, -0.2) is 48.7 Å². The van der Waals surface area contributed by atoms with Gasteiger partial charge in [-0.2, -0.15) is 0 Å². The summed E-state index contributed by atoms with van der Waals surface area (Å²) >= 11 is 0. The number of sulfone groups is 1. The summed E-state index contributed by atoms with van der Waals surface area (Å²) in [5, 5.41) is 11.1. The number of amides is 1. The van der Waals surface area contributed by atoms with Crippen LogP contribution in [0.25, 0.3) is 0 Å². The molecular formula is C10H19NO6S. The summed E-state index contributed by atoms with van der Waals surface area (Å²) in [6, 6.07) is -1.58. The van der Waals surface area contributed by atoms with Crippen LogP contribution in [0.15, 0.2) is 0 Å². The standard InChI is InChI=1S/C10H19NO6S/c1-6(2)17-9(14)11-7(8(12)13)10(3,4)18(5,15)16/h6-7H,1-5H3,(H,11,14)(H,12,13)/t7-/m1/s1. The molecule has 0 saturated carbocycles. The van der Waals surface area contributed by atoms with Crippen molar-refractivity contribution in [2.24, 2.45) is 0 Å². The second-order valence-electron chi connectivity index (χ2n) is 4.75. The molecule has 2 N–H and O–H groups in total. The van der Waals surface area contributed by atoms with Gasteiger partial charge in [0.15, 0.2) is 9.84 Å². The number of hydrogen-bond acceptors (Lipinski definition) is 5. The molecule has 0 aromatic heterocycles. The van der Waals surface area contributed by atoms with Crippen molar-refractivity contribution in [1.29, 1.82) is 0 Å². The fourth-order valence-electron chi connectivity index (χ4n) is 1.11. The Kier molecular flexibility index (Phi) is 5.15. The Bertz CT molecular complexity index is 426. The van der Waals surface area contributed by atoms with Crippen LogP contribution in [0.1, 0.15) is 27.7 Å². The number of carboxylic acid groups (broad SMARTS) is 1. The Morgan fingerprint density at radius 3 is 2.00 bits per heavy atom. The number of nitrogens with one attached hydrogen (secondary N) is 1. The maximum Gasteiger partial charge on any atom is 0.408 e. The van der Waals surface area contributed by atoms with Crippen molar-refractivity contribution in [1.82, 2.24) is 5.32 Å². The topological polar surface area (TPSA) is 110 Å². The van der Waals surface area contributed by atoms with Crippen molar-refractivity contribution < 1.29 is 27.9 Å². The van der Waals surface area contributed by atoms with E-state index in [9.17, 15) is 18.0 Å². The molecule has 0 bridgehead atoms. The van der Waals surface area contributed by atoms with Gasteiger partial charge in [0, 0.05) is 6.26 Å². The summed E-state index contributed by atoms with van der Waals surface area (Å²) in [6.45, 7) is 5.65. The van der Waals surface area contributed by atoms with Gasteiger partial charge in [-0.05, 0) is 27.7 Å². The number of carbonyl (C=O) groups is 2. The SMILES string of the molecule is CC(C)OC(=O)N[C@H](C(=O)O)C(C)(C)S(C)(=O)=O. The Balaban J connectivity index is 5.13. The maximum atomic E-state index is 11.5. The number of alkyl carbamates (subject to hydrolysis) is 1. The third kappa shape index (κ3) is 4.17. The average Bonchev–Trinajstić information content (AvgIpc) is 2.10. The van der Waals surface area contributed by atoms with Gasteiger partial charge in [-0.1, -0.05) is 0 Å². The number of aliphatic carboxylic acids is 1. The lowest BCUT2D eigenvalue weighted by atomic mass is 10.0. The van der Waals surface area contributed by atoms with E-state index in [1.807, 2.05) is 0 Å². The first kappa shape index (κ1) is 16.7. The highest BCUT2D eigenvalue weighted by atomic mass is 32.2. The van der Waals surface area contributed by atoms with Gasteiger partial charge in [0.05, 0.1) is 10.9 Å². The lowest BCUT2D eigenvalue weighted by Gasteiger charge is -2.29. The molecule has 0 aliphatic carbocycles. The van der Waals surface area contributed by atoms with Crippen molar-refractivity contribution in [3.8, 4) is 0 Å². The molecule has 0 aliphatic rings. The van der Waals surface area contributed by atoms with Crippen LogP contribution in [0.5, 0.6) is 0 Å². The summed E-state index contributed by atoms with van der Waals surface area (Å²) in [5.41, 5.74) is 0. The van der Waals surface area contributed by atoms with E-state index >= 15 is 0 Å². The minimum atomic E-state index is -3.67. The molecule has 0 aromatic rings. The van der Waals surface area contributed by atoms with Crippen LogP contribution in [0, 0.1) is 0 Å². The Morgan fingerprint density at radius 2 is 1.72 bits per heavy atom. The quantitative estimate of drug-likeness (QED) is 0.754. The van der Waals surface area contributed by atoms with Gasteiger partial charge in [0.1, 0.15) is 6.04 Å². The monoisotopic (exact) mass is 281 g/mol. The first-order valence-electron chi connectivity index (χ1n) is 5.29. The molecule has 1 atom stereocenters. The number of carboxylic acids is 1. The molecule has 18 heavy (non-hydrogen) atoms. The zero-order chi connectivity index (χ0) is 14.7. The van der Waals surface area contributed by atoms with E-state index in [1.54, 1.807) is 13.8 Å². The third-order valence-corrected chi connectivity index (χ3v) is 4.65. The Labute approximate surface area is 106 Å². The molecular weight excluding hydrogens is 262 g/mol. The lowest BCUT2D eigenvalue weighted by Crippen LogP contribution is -2.57. The van der Waals surface area contributed by atoms with Gasteiger partial charge < -0.3 is 15.2 Å². The van der Waals surface area contributed by atoms with Crippen molar-refractivity contribution in [3.63, 3.8) is 0 Å². The fourth-order valence-corrected chi connectivity index (χ4v) is 1.70. The van der Waals surface area contributed by atoms with Crippen LogP contribution in [0.2, 0.25) is 0 Å². The first-order valence-corrected chi connectivity index (χ1v) is 7.18. The first-order chi connectivity index (χ1) is 7.89. The second-order valence-corrected chi connectivity index (χ2v) is 7.34. The van der Waals surface area contributed by atoms with Gasteiger partial charge in [-0.3, -0.25) is 0 Å². The van der Waals surface area contributed by atoms with E-state index in [0.29, 0.717) is 0 Å². The van der Waals surface area contributed by atoms with Crippen molar-refractivity contribution in [2.45, 2.75) is 44.6 Å². The zero-order valence-electron chi connectivity index (χ0n) is 11.1. The van der Waals surface area contributed by atoms with Crippen LogP contribution < -0.4 is 5.32 Å². The Morgan fingerprint density at radius 1 is 1.28 bits per heavy atom. The van der Waals surface area contributed by atoms with E-state index in [4.69, 9.17) is 9.84 Å². The van der Waals surface area contributed by atoms with Crippen molar-refractivity contribution in [2.75, 3.05) is 6.26 Å². The van der Waals surface area contributed by atoms with E-state index in [0.717, 1.165) is 6.26 Å². The van der Waals surface area contributed by atoms with Gasteiger partial charge >= 0.3 is 12.1 Å². The molecule has 106 valence electrons. The van der Waals surface area contributed by atoms with E-state index < -0.39 is 38.8 Å². The van der Waals surface area contributed by atoms with E-state index in [2.05, 4.69) is 5.32 Å². The summed E-state index contributed by atoms with van der Waals surface area (Å²) in [4.78, 5) is 22.4. The van der Waals surface area contributed by atoms with Crippen molar-refractivity contribution in [3.05, 3.63) is 0 Å². The van der Waals surface area contributed by atoms with Gasteiger partial charge in [-0.25, -0.2) is 18.0 Å². The van der Waals surface area contributed by atoms with E-state index in [-0.39, 0.29) is 0 Å². The molecule has 0 unspecified atom stereocenters. The van der Waals surface area contributed by atoms with Crippen LogP contribution in [0.3, 0.4) is 0 Å². The third-order valence-electron chi connectivity index (χ3n) is 2.50. The molecule has 7 nitrogen and oxygen atoms in total. The highest BCUT2D eigenvalue weighted by Crippen LogP contribution is 2.20. The minimum Gasteiger partial charge on any atom is -0.480 e. The molecule has 0 heterocycles. The molecule has 8 heteroatoms. The largest absolute Gasteiger partial charge is 0.480 e. The Hall–Kier alpha value is -1.31. The van der Waals surface area contributed by atoms with Gasteiger partial charge in [-0.15, -0.1) is 0 Å². The average molecular weight is 281 g/mol. The van der Waals surface area contributed by atoms with Gasteiger partial charge in [0.25, 0.3) is 0 Å². The molecule has 0 aliphatic heterocycles. The summed E-state index contributed by atoms with van der Waals surface area (Å²) in [6.07, 6.45) is -0.479. The van der Waals surface area contributed by atoms with Crippen LogP contribution in [0.4, 0.5) is 4.79 Å². The maximum absolute atomic E-state index is 11.5. The predicted octanol–water partition coefficient (Wildman–Crippen LogP) is 0.397. The van der Waals surface area contributed by atoms with Crippen LogP contribution >= 0.6 is 0 Å². The van der Waals surface area contributed by atoms with Crippen LogP contribution in [-0.2, 0) is 19.4 Å². The van der Waals surface area contributed by atoms with Crippen molar-refractivity contribution >= 4 is 21.9 Å². The molecule has 0 fully saturated rings. The molecule has 0 rings (SSSR count). The molecule has 0 aromatic carbocycles. The molecule has 0 radical (unpaired) electrons. The lowest BCUT2D eigenvalue weighted by molar-refractivity contribution is -0.140. The van der Waals surface area contributed by atoms with E-state index in [1.165, 1.54) is 13.8 Å².